The molecule has 0 bridgehead atoms. The number of aldehydes is 1. The van der Waals surface area contributed by atoms with Crippen LogP contribution in [0.3, 0.4) is 0 Å². The van der Waals surface area contributed by atoms with E-state index in [4.69, 9.17) is 4.74 Å². The number of H-pyrrole nitrogens is 1. The Bertz CT molecular complexity index is 267. The van der Waals surface area contributed by atoms with Gasteiger partial charge in [-0.25, -0.2) is 0 Å². The molecule has 3 heteroatoms. The second-order valence-electron chi connectivity index (χ2n) is 2.96. The van der Waals surface area contributed by atoms with E-state index in [2.05, 4.69) is 4.98 Å². The van der Waals surface area contributed by atoms with Crippen LogP contribution in [0.2, 0.25) is 0 Å². The van der Waals surface area contributed by atoms with Gasteiger partial charge in [-0.3, -0.25) is 4.79 Å². The molecule has 0 aliphatic carbocycles. The van der Waals surface area contributed by atoms with E-state index in [0.29, 0.717) is 5.69 Å². The molecule has 1 aliphatic heterocycles. The molecule has 0 atom stereocenters. The molecular weight excluding hydrogens is 154 g/mol. The van der Waals surface area contributed by atoms with Gasteiger partial charge in [0.05, 0.1) is 18.9 Å². The zero-order chi connectivity index (χ0) is 8.39. The minimum Gasteiger partial charge on any atom is -0.381 e. The number of aromatic nitrogens is 1. The van der Waals surface area contributed by atoms with Crippen molar-refractivity contribution < 1.29 is 9.53 Å². The first kappa shape index (κ1) is 7.55. The molecule has 0 radical (unpaired) electrons. The standard InChI is InChI=1S/C9H11NO2/c11-6-8-5-7-1-3-12-4-2-9(7)10-8/h5-6,10H,1-4H2. The van der Waals surface area contributed by atoms with Crippen LogP contribution in [0.15, 0.2) is 6.07 Å². The number of rotatable bonds is 1. The number of fused-ring (bicyclic) bond motifs is 1. The highest BCUT2D eigenvalue weighted by molar-refractivity contribution is 5.72. The molecule has 0 unspecified atom stereocenters. The van der Waals surface area contributed by atoms with E-state index < -0.39 is 0 Å². The fourth-order valence-electron chi connectivity index (χ4n) is 1.53. The van der Waals surface area contributed by atoms with Crippen LogP contribution in [0.4, 0.5) is 0 Å². The third-order valence-electron chi connectivity index (χ3n) is 2.15. The van der Waals surface area contributed by atoms with Crippen molar-refractivity contribution in [2.75, 3.05) is 13.2 Å². The van der Waals surface area contributed by atoms with Crippen LogP contribution in [0.1, 0.15) is 21.7 Å². The first-order valence-electron chi connectivity index (χ1n) is 4.14. The highest BCUT2D eigenvalue weighted by Gasteiger charge is 2.10. The molecule has 0 saturated heterocycles. The molecule has 2 heterocycles. The summed E-state index contributed by atoms with van der Waals surface area (Å²) in [5, 5.41) is 0. The topological polar surface area (TPSA) is 42.1 Å². The Morgan fingerprint density at radius 1 is 1.42 bits per heavy atom. The second kappa shape index (κ2) is 3.11. The smallest absolute Gasteiger partial charge is 0.166 e. The maximum Gasteiger partial charge on any atom is 0.166 e. The van der Waals surface area contributed by atoms with Gasteiger partial charge in [-0.15, -0.1) is 0 Å². The van der Waals surface area contributed by atoms with Gasteiger partial charge in [0.1, 0.15) is 0 Å². The van der Waals surface area contributed by atoms with E-state index in [-0.39, 0.29) is 0 Å². The molecule has 1 aromatic heterocycles. The van der Waals surface area contributed by atoms with Gasteiger partial charge in [-0.2, -0.15) is 0 Å². The lowest BCUT2D eigenvalue weighted by atomic mass is 10.1. The fraction of sp³-hybridized carbons (Fsp3) is 0.444. The van der Waals surface area contributed by atoms with Crippen molar-refractivity contribution in [2.24, 2.45) is 0 Å². The summed E-state index contributed by atoms with van der Waals surface area (Å²) in [4.78, 5) is 13.5. The van der Waals surface area contributed by atoms with Crippen LogP contribution in [-0.4, -0.2) is 24.5 Å². The Labute approximate surface area is 70.7 Å². The molecule has 0 aromatic carbocycles. The maximum atomic E-state index is 10.4. The van der Waals surface area contributed by atoms with E-state index in [9.17, 15) is 4.79 Å². The molecule has 2 rings (SSSR count). The van der Waals surface area contributed by atoms with Gasteiger partial charge in [-0.1, -0.05) is 0 Å². The van der Waals surface area contributed by atoms with Gasteiger partial charge < -0.3 is 9.72 Å². The van der Waals surface area contributed by atoms with Crippen molar-refractivity contribution in [1.82, 2.24) is 4.98 Å². The summed E-state index contributed by atoms with van der Waals surface area (Å²) in [6, 6.07) is 1.91. The average Bonchev–Trinajstić information content (AvgIpc) is 2.37. The number of hydrogen-bond acceptors (Lipinski definition) is 2. The van der Waals surface area contributed by atoms with Gasteiger partial charge >= 0.3 is 0 Å². The Morgan fingerprint density at radius 2 is 2.25 bits per heavy atom. The maximum absolute atomic E-state index is 10.4. The fourth-order valence-corrected chi connectivity index (χ4v) is 1.53. The Hall–Kier alpha value is -1.09. The lowest BCUT2D eigenvalue weighted by molar-refractivity contribution is 0.111. The SMILES string of the molecule is O=Cc1cc2c([nH]1)CCOCC2. The molecule has 0 fully saturated rings. The van der Waals surface area contributed by atoms with Crippen molar-refractivity contribution in [3.63, 3.8) is 0 Å². The zero-order valence-electron chi connectivity index (χ0n) is 6.80. The summed E-state index contributed by atoms with van der Waals surface area (Å²) in [7, 11) is 0. The number of carbonyl (C=O) groups is 1. The first-order valence-corrected chi connectivity index (χ1v) is 4.14. The summed E-state index contributed by atoms with van der Waals surface area (Å²) in [5.74, 6) is 0. The van der Waals surface area contributed by atoms with Gasteiger partial charge in [-0.05, 0) is 18.1 Å². The van der Waals surface area contributed by atoms with Crippen LogP contribution < -0.4 is 0 Å². The van der Waals surface area contributed by atoms with Crippen molar-refractivity contribution in [3.05, 3.63) is 23.0 Å². The minimum atomic E-state index is 0.682. The Morgan fingerprint density at radius 3 is 3.08 bits per heavy atom. The van der Waals surface area contributed by atoms with Crippen LogP contribution in [0.25, 0.3) is 0 Å². The quantitative estimate of drug-likeness (QED) is 0.629. The predicted octanol–water partition coefficient (Wildman–Crippen LogP) is 0.942. The van der Waals surface area contributed by atoms with Crippen molar-refractivity contribution in [3.8, 4) is 0 Å². The molecule has 1 aliphatic rings. The number of hydrogen-bond donors (Lipinski definition) is 1. The molecule has 1 N–H and O–H groups in total. The van der Waals surface area contributed by atoms with Crippen molar-refractivity contribution >= 4 is 6.29 Å². The molecule has 1 aromatic rings. The molecule has 0 spiro atoms. The van der Waals surface area contributed by atoms with Gasteiger partial charge in [0.2, 0.25) is 0 Å². The van der Waals surface area contributed by atoms with Gasteiger partial charge in [0.15, 0.2) is 6.29 Å². The van der Waals surface area contributed by atoms with Crippen LogP contribution in [0.5, 0.6) is 0 Å². The normalized spacial score (nSPS) is 16.7. The van der Waals surface area contributed by atoms with Gasteiger partial charge in [0.25, 0.3) is 0 Å². The van der Waals surface area contributed by atoms with E-state index >= 15 is 0 Å². The van der Waals surface area contributed by atoms with E-state index in [1.165, 1.54) is 5.56 Å². The monoisotopic (exact) mass is 165 g/mol. The second-order valence-corrected chi connectivity index (χ2v) is 2.96. The van der Waals surface area contributed by atoms with E-state index in [1.807, 2.05) is 6.07 Å². The summed E-state index contributed by atoms with van der Waals surface area (Å²) >= 11 is 0. The van der Waals surface area contributed by atoms with Crippen LogP contribution >= 0.6 is 0 Å². The van der Waals surface area contributed by atoms with Crippen molar-refractivity contribution in [1.29, 1.82) is 0 Å². The van der Waals surface area contributed by atoms with Gasteiger partial charge in [0, 0.05) is 12.1 Å². The molecule has 64 valence electrons. The summed E-state index contributed by atoms with van der Waals surface area (Å²) in [6.07, 6.45) is 2.66. The zero-order valence-corrected chi connectivity index (χ0v) is 6.80. The van der Waals surface area contributed by atoms with Crippen molar-refractivity contribution in [2.45, 2.75) is 12.8 Å². The summed E-state index contributed by atoms with van der Waals surface area (Å²) in [6.45, 7) is 1.52. The summed E-state index contributed by atoms with van der Waals surface area (Å²) in [5.41, 5.74) is 3.08. The highest BCUT2D eigenvalue weighted by Crippen LogP contribution is 2.14. The minimum absolute atomic E-state index is 0.682. The number of carbonyl (C=O) groups excluding carboxylic acids is 1. The van der Waals surface area contributed by atoms with E-state index in [1.54, 1.807) is 0 Å². The molecule has 0 amide bonds. The number of ether oxygens (including phenoxy) is 1. The van der Waals surface area contributed by atoms with Crippen LogP contribution in [0, 0.1) is 0 Å². The lowest BCUT2D eigenvalue weighted by Gasteiger charge is -1.94. The average molecular weight is 165 g/mol. The third-order valence-corrected chi connectivity index (χ3v) is 2.15. The number of aromatic amines is 1. The molecule has 3 nitrogen and oxygen atoms in total. The number of nitrogens with one attached hydrogen (secondary N) is 1. The predicted molar refractivity (Wildman–Crippen MR) is 44.4 cm³/mol. The van der Waals surface area contributed by atoms with E-state index in [0.717, 1.165) is 38.0 Å². The highest BCUT2D eigenvalue weighted by atomic mass is 16.5. The molecular formula is C9H11NO2. The first-order chi connectivity index (χ1) is 5.90. The molecule has 12 heavy (non-hydrogen) atoms. The summed E-state index contributed by atoms with van der Waals surface area (Å²) < 4.78 is 5.30. The van der Waals surface area contributed by atoms with Crippen LogP contribution in [-0.2, 0) is 17.6 Å². The largest absolute Gasteiger partial charge is 0.381 e. The molecule has 0 saturated carbocycles. The third kappa shape index (κ3) is 1.28. The Kier molecular flexibility index (Phi) is 1.96. The lowest BCUT2D eigenvalue weighted by Crippen LogP contribution is -1.96. The Balaban J connectivity index is 2.32.